The zero-order valence-corrected chi connectivity index (χ0v) is 7.43. The molecule has 7 heavy (non-hydrogen) atoms. The molecule has 0 amide bonds. The summed E-state index contributed by atoms with van der Waals surface area (Å²) < 4.78 is 33.7. The van der Waals surface area contributed by atoms with Gasteiger partial charge in [-0.1, -0.05) is 0 Å². The molecule has 0 aliphatic rings. The SMILES string of the molecule is [F][Os-2]([F])([F])([Cl])([Cl])[Cl]. The van der Waals surface area contributed by atoms with Gasteiger partial charge in [-0.25, -0.2) is 0 Å². The number of halogens is 6. The van der Waals surface area contributed by atoms with Crippen molar-refractivity contribution in [2.75, 3.05) is 0 Å². The number of rotatable bonds is 0. The molecule has 0 spiro atoms. The molecule has 0 aromatic heterocycles. The van der Waals surface area contributed by atoms with Gasteiger partial charge in [-0.15, -0.1) is 0 Å². The summed E-state index contributed by atoms with van der Waals surface area (Å²) >= 11 is -8.30. The van der Waals surface area contributed by atoms with Crippen molar-refractivity contribution in [3.63, 3.8) is 0 Å². The first-order valence-electron chi connectivity index (χ1n) is 0.802. The van der Waals surface area contributed by atoms with Gasteiger partial charge in [-0.05, 0) is 0 Å². The Bertz CT molecular complexity index is 68.7. The fraction of sp³-hybridized carbons (Fsp3) is 0. The molecular weight excluding hydrogens is 354 g/mol. The molecule has 0 saturated heterocycles. The van der Waals surface area contributed by atoms with Crippen LogP contribution in [0.1, 0.15) is 0 Å². The average Bonchev–Trinajstić information content (AvgIpc) is 0.592. The first kappa shape index (κ1) is 8.30. The van der Waals surface area contributed by atoms with Gasteiger partial charge < -0.3 is 0 Å². The molecule has 52 valence electrons. The van der Waals surface area contributed by atoms with Crippen molar-refractivity contribution in [1.29, 1.82) is 0 Å². The monoisotopic (exact) mass is 354 g/mol. The zero-order chi connectivity index (χ0) is 6.41. The molecule has 0 aromatic rings. The Kier molecular flexibility index (Phi) is 1.29. The van der Waals surface area contributed by atoms with Crippen LogP contribution in [0.15, 0.2) is 0 Å². The van der Waals surface area contributed by atoms with Crippen molar-refractivity contribution in [1.82, 2.24) is 0 Å². The number of hydrogen-bond donors (Lipinski definition) is 0. The Hall–Kier alpha value is 1.30. The minimum absolute atomic E-state index is 3.76. The van der Waals surface area contributed by atoms with Gasteiger partial charge in [0.15, 0.2) is 0 Å². The van der Waals surface area contributed by atoms with Crippen LogP contribution in [0.5, 0.6) is 0 Å². The van der Waals surface area contributed by atoms with Gasteiger partial charge in [-0.2, -0.15) is 0 Å². The van der Waals surface area contributed by atoms with Crippen molar-refractivity contribution >= 4 is 28.9 Å². The first-order valence-corrected chi connectivity index (χ1v) is 13.1. The van der Waals surface area contributed by atoms with E-state index in [0.717, 1.165) is 0 Å². The van der Waals surface area contributed by atoms with Crippen LogP contribution < -0.4 is 0 Å². The van der Waals surface area contributed by atoms with Crippen LogP contribution in [0.2, 0.25) is 0 Å². The third-order valence-electron chi connectivity index (χ3n) is 0. The maximum atomic E-state index is 11.2. The Morgan fingerprint density at radius 2 is 0.857 bits per heavy atom. The van der Waals surface area contributed by atoms with Crippen LogP contribution in [0.4, 0.5) is 9.86 Å². The minimum atomic E-state index is -8.30. The van der Waals surface area contributed by atoms with Crippen LogP contribution in [-0.2, 0) is 11.2 Å². The molecule has 0 rings (SSSR count). The molecule has 7 heteroatoms. The fourth-order valence-corrected chi connectivity index (χ4v) is 0. The summed E-state index contributed by atoms with van der Waals surface area (Å²) in [6.07, 6.45) is 0. The molecule has 0 nitrogen and oxygen atoms in total. The third-order valence-corrected chi connectivity index (χ3v) is 0. The molecule has 0 N–H and O–H groups in total. The van der Waals surface area contributed by atoms with Crippen molar-refractivity contribution in [3.8, 4) is 0 Å². The zero-order valence-electron chi connectivity index (χ0n) is 2.62. The summed E-state index contributed by atoms with van der Waals surface area (Å²) in [6.45, 7) is 0. The van der Waals surface area contributed by atoms with E-state index in [1.165, 1.54) is 0 Å². The Balaban J connectivity index is 4.43. The van der Waals surface area contributed by atoms with Crippen LogP contribution >= 0.6 is 28.9 Å². The van der Waals surface area contributed by atoms with E-state index in [9.17, 15) is 9.86 Å². The Morgan fingerprint density at radius 1 is 0.857 bits per heavy atom. The van der Waals surface area contributed by atoms with Gasteiger partial charge in [0.2, 0.25) is 0 Å². The van der Waals surface area contributed by atoms with Crippen LogP contribution in [-0.4, -0.2) is 0 Å². The molecular formula is Cl3F3Os-2. The van der Waals surface area contributed by atoms with E-state index < -0.39 is 11.2 Å². The molecule has 0 aliphatic heterocycles. The maximum absolute atomic E-state index is 11.2. The standard InChI is InChI=1S/3ClH.3FH.Os/h6*1H;/q;;;;;;+4/p-6. The molecule has 0 fully saturated rings. The molecule has 0 unspecified atom stereocenters. The van der Waals surface area contributed by atoms with Gasteiger partial charge in [-0.3, -0.25) is 0 Å². The van der Waals surface area contributed by atoms with Gasteiger partial charge in [0.25, 0.3) is 0 Å². The quantitative estimate of drug-likeness (QED) is 0.627. The van der Waals surface area contributed by atoms with Gasteiger partial charge in [0.1, 0.15) is 0 Å². The van der Waals surface area contributed by atoms with Crippen LogP contribution in [0, 0.1) is 0 Å². The van der Waals surface area contributed by atoms with E-state index in [2.05, 4.69) is 28.9 Å². The second kappa shape index (κ2) is 1.09. The van der Waals surface area contributed by atoms with Gasteiger partial charge in [0.05, 0.1) is 0 Å². The molecule has 0 saturated carbocycles. The molecule has 0 bridgehead atoms. The van der Waals surface area contributed by atoms with Crippen molar-refractivity contribution in [2.24, 2.45) is 0 Å². The normalized spacial score (nSPS) is 23.1. The van der Waals surface area contributed by atoms with Gasteiger partial charge >= 0.3 is 49.9 Å². The first-order chi connectivity index (χ1) is 2.45. The molecule has 0 heterocycles. The van der Waals surface area contributed by atoms with E-state index in [0.29, 0.717) is 0 Å². The topological polar surface area (TPSA) is 0 Å². The van der Waals surface area contributed by atoms with Crippen molar-refractivity contribution < 1.29 is 21.0 Å². The summed E-state index contributed by atoms with van der Waals surface area (Å²) in [5, 5.41) is 0. The summed E-state index contributed by atoms with van der Waals surface area (Å²) in [6, 6.07) is 0. The molecule has 0 aromatic carbocycles. The van der Waals surface area contributed by atoms with Crippen LogP contribution in [0.3, 0.4) is 0 Å². The number of hydrogen-bond acceptors (Lipinski definition) is 0. The summed E-state index contributed by atoms with van der Waals surface area (Å²) in [5.41, 5.74) is 0. The van der Waals surface area contributed by atoms with Crippen molar-refractivity contribution in [2.45, 2.75) is 0 Å². The summed E-state index contributed by atoms with van der Waals surface area (Å²) in [5.74, 6) is 0. The van der Waals surface area contributed by atoms with Crippen molar-refractivity contribution in [3.05, 3.63) is 0 Å². The molecule has 0 radical (unpaired) electrons. The second-order valence-corrected chi connectivity index (χ2v) is 23.6. The average molecular weight is 354 g/mol. The summed E-state index contributed by atoms with van der Waals surface area (Å²) in [7, 11) is 11.3. The second-order valence-electron chi connectivity index (χ2n) is 0.758. The third kappa shape index (κ3) is 122. The predicted molar refractivity (Wildman–Crippen MR) is 20.9 cm³/mol. The van der Waals surface area contributed by atoms with E-state index in [1.807, 2.05) is 0 Å². The van der Waals surface area contributed by atoms with Gasteiger partial charge in [0, 0.05) is 0 Å². The fourth-order valence-electron chi connectivity index (χ4n) is 0. The predicted octanol–water partition coefficient (Wildman–Crippen LogP) is 3.33. The van der Waals surface area contributed by atoms with E-state index >= 15 is 0 Å². The summed E-state index contributed by atoms with van der Waals surface area (Å²) in [4.78, 5) is 0. The molecule has 0 aliphatic carbocycles. The molecule has 0 atom stereocenters. The Labute approximate surface area is 50.0 Å². The Morgan fingerprint density at radius 3 is 0.857 bits per heavy atom. The van der Waals surface area contributed by atoms with E-state index in [1.54, 1.807) is 0 Å². The van der Waals surface area contributed by atoms with Crippen LogP contribution in [0.25, 0.3) is 0 Å². The van der Waals surface area contributed by atoms with E-state index in [-0.39, 0.29) is 0 Å². The van der Waals surface area contributed by atoms with E-state index in [4.69, 9.17) is 0 Å².